The summed E-state index contributed by atoms with van der Waals surface area (Å²) >= 11 is 0. The molecule has 1 aliphatic heterocycles. The number of carbonyl (C=O) groups excluding carboxylic acids is 2. The van der Waals surface area contributed by atoms with Crippen LogP contribution in [0.15, 0.2) is 0 Å². The minimum Gasteiger partial charge on any atom is -0.544 e. The molecule has 0 aromatic heterocycles. The number of rotatable bonds is 8. The van der Waals surface area contributed by atoms with Crippen LogP contribution in [0.3, 0.4) is 0 Å². The van der Waals surface area contributed by atoms with Crippen LogP contribution in [0, 0.1) is 0 Å². The van der Waals surface area contributed by atoms with Gasteiger partial charge < -0.3 is 43.7 Å². The second kappa shape index (κ2) is 9.91. The molecular formula is C14H24N2O9. The van der Waals surface area contributed by atoms with Crippen LogP contribution in [-0.4, -0.2) is 110 Å². The molecule has 0 unspecified atom stereocenters. The van der Waals surface area contributed by atoms with Gasteiger partial charge in [0.1, 0.15) is 26.2 Å². The predicted octanol–water partition coefficient (Wildman–Crippen LogP) is -4.43. The third-order valence-electron chi connectivity index (χ3n) is 3.61. The summed E-state index contributed by atoms with van der Waals surface area (Å²) in [5.41, 5.74) is 0. The van der Waals surface area contributed by atoms with E-state index in [1.165, 1.54) is 7.05 Å². The number of likely N-dealkylation sites (N-methyl/N-ethyl adjacent to an activating group) is 2. The quantitative estimate of drug-likeness (QED) is 0.404. The van der Waals surface area contributed by atoms with Gasteiger partial charge in [0.25, 0.3) is 0 Å². The summed E-state index contributed by atoms with van der Waals surface area (Å²) in [5, 5.41) is 37.5. The number of aliphatic carboxylic acids is 4. The van der Waals surface area contributed by atoms with Crippen LogP contribution < -0.4 is 10.2 Å². The zero-order chi connectivity index (χ0) is 19.7. The fourth-order valence-corrected chi connectivity index (χ4v) is 2.39. The van der Waals surface area contributed by atoms with Gasteiger partial charge in [-0.25, -0.2) is 9.59 Å². The van der Waals surface area contributed by atoms with Gasteiger partial charge in [0, 0.05) is 0 Å². The highest BCUT2D eigenvalue weighted by molar-refractivity contribution is 5.72. The summed E-state index contributed by atoms with van der Waals surface area (Å²) in [5.74, 6) is -4.96. The normalized spacial score (nSPS) is 16.2. The van der Waals surface area contributed by atoms with E-state index in [-0.39, 0.29) is 6.54 Å². The van der Waals surface area contributed by atoms with Crippen molar-refractivity contribution >= 4 is 23.9 Å². The molecule has 1 rings (SSSR count). The first-order valence-corrected chi connectivity index (χ1v) is 7.46. The highest BCUT2D eigenvalue weighted by atomic mass is 16.5. The van der Waals surface area contributed by atoms with Gasteiger partial charge in [-0.05, 0) is 0 Å². The number of morpholine rings is 1. The molecule has 0 bridgehead atoms. The molecule has 0 spiro atoms. The number of carboxylic acid groups (broad SMARTS) is 4. The van der Waals surface area contributed by atoms with Gasteiger partial charge in [0.2, 0.25) is 0 Å². The Hall–Kier alpha value is -2.24. The Kier molecular flexibility index (Phi) is 9.02. The number of carbonyl (C=O) groups is 4. The van der Waals surface area contributed by atoms with Crippen molar-refractivity contribution in [3.63, 3.8) is 0 Å². The van der Waals surface area contributed by atoms with Crippen LogP contribution >= 0.6 is 0 Å². The number of nitrogens with zero attached hydrogens (tertiary/aromatic N) is 2. The minimum atomic E-state index is -1.48. The van der Waals surface area contributed by atoms with E-state index in [1.54, 1.807) is 0 Å². The summed E-state index contributed by atoms with van der Waals surface area (Å²) in [6.07, 6.45) is 0. The van der Waals surface area contributed by atoms with E-state index in [1.807, 2.05) is 7.05 Å². The van der Waals surface area contributed by atoms with Crippen molar-refractivity contribution in [2.45, 2.75) is 0 Å². The zero-order valence-electron chi connectivity index (χ0n) is 14.3. The van der Waals surface area contributed by atoms with Crippen molar-refractivity contribution < 1.29 is 53.3 Å². The number of hydrogen-bond donors (Lipinski definition) is 2. The van der Waals surface area contributed by atoms with Crippen molar-refractivity contribution in [3.8, 4) is 0 Å². The van der Waals surface area contributed by atoms with Crippen LogP contribution in [-0.2, 0) is 23.9 Å². The molecule has 0 atom stereocenters. The van der Waals surface area contributed by atoms with Gasteiger partial charge in [-0.2, -0.15) is 0 Å². The van der Waals surface area contributed by atoms with Crippen molar-refractivity contribution in [3.05, 3.63) is 0 Å². The van der Waals surface area contributed by atoms with Gasteiger partial charge >= 0.3 is 11.9 Å². The van der Waals surface area contributed by atoms with E-state index in [2.05, 4.69) is 0 Å². The molecular weight excluding hydrogens is 340 g/mol. The van der Waals surface area contributed by atoms with E-state index in [9.17, 15) is 29.4 Å². The lowest BCUT2D eigenvalue weighted by molar-refractivity contribution is -0.911. The van der Waals surface area contributed by atoms with Gasteiger partial charge in [-0.3, -0.25) is 0 Å². The Balaban J connectivity index is 0.000000472. The van der Waals surface area contributed by atoms with Crippen LogP contribution in [0.5, 0.6) is 0 Å². The molecule has 0 radical (unpaired) electrons. The summed E-state index contributed by atoms with van der Waals surface area (Å²) in [6.45, 7) is 1.18. The fraction of sp³-hybridized carbons (Fsp3) is 0.714. The average molecular weight is 364 g/mol. The third-order valence-corrected chi connectivity index (χ3v) is 3.61. The SMILES string of the molecule is C[N+](CC(=O)[O-])(CC(=O)O)CC(=O)O.C[N+]1(CC(=O)[O-])CCOCC1. The predicted molar refractivity (Wildman–Crippen MR) is 77.7 cm³/mol. The van der Waals surface area contributed by atoms with E-state index in [0.717, 1.165) is 13.1 Å². The first kappa shape index (κ1) is 22.8. The molecule has 144 valence electrons. The summed E-state index contributed by atoms with van der Waals surface area (Å²) in [7, 11) is 3.15. The summed E-state index contributed by atoms with van der Waals surface area (Å²) in [6, 6.07) is 0. The molecule has 11 nitrogen and oxygen atoms in total. The first-order chi connectivity index (χ1) is 11.4. The van der Waals surface area contributed by atoms with E-state index in [4.69, 9.17) is 14.9 Å². The van der Waals surface area contributed by atoms with Crippen LogP contribution in [0.4, 0.5) is 0 Å². The Morgan fingerprint density at radius 2 is 1.40 bits per heavy atom. The molecule has 1 heterocycles. The maximum atomic E-state index is 10.4. The van der Waals surface area contributed by atoms with Crippen molar-refractivity contribution in [1.82, 2.24) is 0 Å². The molecule has 0 aromatic carbocycles. The van der Waals surface area contributed by atoms with Gasteiger partial charge in [-0.15, -0.1) is 0 Å². The molecule has 1 aliphatic rings. The van der Waals surface area contributed by atoms with Crippen LogP contribution in [0.1, 0.15) is 0 Å². The van der Waals surface area contributed by atoms with Crippen LogP contribution in [0.25, 0.3) is 0 Å². The highest BCUT2D eigenvalue weighted by Crippen LogP contribution is 2.05. The zero-order valence-corrected chi connectivity index (χ0v) is 14.3. The molecule has 0 amide bonds. The number of hydrogen-bond acceptors (Lipinski definition) is 7. The third kappa shape index (κ3) is 11.0. The standard InChI is InChI=1S/C7H11NO6.C7H13NO3/c1-8(2-5(9)10,3-6(11)12)4-7(13)14;1-8(6-7(9)10)2-4-11-5-3-8/h2-4H2,1H3,(H2-,9,10,11,12,13,14);2-6H2,1H3. The van der Waals surface area contributed by atoms with E-state index < -0.39 is 48.0 Å². The van der Waals surface area contributed by atoms with Gasteiger partial charge in [-0.1, -0.05) is 0 Å². The summed E-state index contributed by atoms with van der Waals surface area (Å²) in [4.78, 5) is 41.3. The van der Waals surface area contributed by atoms with Crippen molar-refractivity contribution in [2.24, 2.45) is 0 Å². The number of carboxylic acids is 4. The number of ether oxygens (including phenoxy) is 1. The second-order valence-corrected chi connectivity index (χ2v) is 6.46. The molecule has 2 N–H and O–H groups in total. The van der Waals surface area contributed by atoms with Crippen molar-refractivity contribution in [1.29, 1.82) is 0 Å². The van der Waals surface area contributed by atoms with E-state index in [0.29, 0.717) is 17.7 Å². The topological polar surface area (TPSA) is 164 Å². The molecule has 11 heteroatoms. The van der Waals surface area contributed by atoms with E-state index >= 15 is 0 Å². The smallest absolute Gasteiger partial charge is 0.359 e. The van der Waals surface area contributed by atoms with Crippen molar-refractivity contribution in [2.75, 3.05) is 66.6 Å². The first-order valence-electron chi connectivity index (χ1n) is 7.46. The second-order valence-electron chi connectivity index (χ2n) is 6.46. The molecule has 0 aromatic rings. The maximum Gasteiger partial charge on any atom is 0.359 e. The Morgan fingerprint density at radius 1 is 0.960 bits per heavy atom. The Labute approximate surface area is 144 Å². The monoisotopic (exact) mass is 364 g/mol. The molecule has 25 heavy (non-hydrogen) atoms. The lowest BCUT2D eigenvalue weighted by Crippen LogP contribution is -2.56. The summed E-state index contributed by atoms with van der Waals surface area (Å²) < 4.78 is 5.04. The molecule has 1 saturated heterocycles. The van der Waals surface area contributed by atoms with Gasteiger partial charge in [0.05, 0.1) is 39.2 Å². The average Bonchev–Trinajstić information content (AvgIpc) is 2.34. The molecule has 0 saturated carbocycles. The molecule has 1 fully saturated rings. The number of quaternary nitrogens is 2. The highest BCUT2D eigenvalue weighted by Gasteiger charge is 2.28. The van der Waals surface area contributed by atoms with Crippen LogP contribution in [0.2, 0.25) is 0 Å². The van der Waals surface area contributed by atoms with Gasteiger partial charge in [0.15, 0.2) is 13.1 Å². The fourth-order valence-electron chi connectivity index (χ4n) is 2.39. The Bertz CT molecular complexity index is 460. The molecule has 0 aliphatic carbocycles. The maximum absolute atomic E-state index is 10.4. The largest absolute Gasteiger partial charge is 0.544 e. The minimum absolute atomic E-state index is 0.101. The Morgan fingerprint density at radius 3 is 1.72 bits per heavy atom. The lowest BCUT2D eigenvalue weighted by Gasteiger charge is -2.37. The lowest BCUT2D eigenvalue weighted by atomic mass is 10.3.